The van der Waals surface area contributed by atoms with Crippen molar-refractivity contribution in [2.24, 2.45) is 0 Å². The van der Waals surface area contributed by atoms with Crippen molar-refractivity contribution in [3.63, 3.8) is 0 Å². The monoisotopic (exact) mass is 309 g/mol. The van der Waals surface area contributed by atoms with E-state index in [1.54, 1.807) is 12.1 Å². The standard InChI is InChI=1S/C13H13ClFN5O/c14-11-17-12(16-10-3-1-9(15)2-4-10)19-13(18-11)20-5-7-21-8-6-20/h1-4H,5-8H2,(H,16,17,18,19). The molecule has 8 heteroatoms. The summed E-state index contributed by atoms with van der Waals surface area (Å²) in [6.45, 7) is 2.67. The molecular formula is C13H13ClFN5O. The van der Waals surface area contributed by atoms with Crippen molar-refractivity contribution >= 4 is 29.2 Å². The number of morpholine rings is 1. The molecule has 0 amide bonds. The molecule has 1 aromatic carbocycles. The van der Waals surface area contributed by atoms with Crippen molar-refractivity contribution in [3.05, 3.63) is 35.4 Å². The predicted octanol–water partition coefficient (Wildman–Crippen LogP) is 2.24. The molecule has 0 aliphatic carbocycles. The SMILES string of the molecule is Fc1ccc(Nc2nc(Cl)nc(N3CCOCC3)n2)cc1. The molecule has 110 valence electrons. The summed E-state index contributed by atoms with van der Waals surface area (Å²) in [5, 5.41) is 3.09. The van der Waals surface area contributed by atoms with Crippen LogP contribution in [0.5, 0.6) is 0 Å². The van der Waals surface area contributed by atoms with Gasteiger partial charge in [-0.05, 0) is 35.9 Å². The summed E-state index contributed by atoms with van der Waals surface area (Å²) in [5.74, 6) is 0.522. The smallest absolute Gasteiger partial charge is 0.233 e. The number of aromatic nitrogens is 3. The van der Waals surface area contributed by atoms with Gasteiger partial charge in [0.15, 0.2) is 0 Å². The van der Waals surface area contributed by atoms with Crippen LogP contribution in [0.15, 0.2) is 24.3 Å². The average Bonchev–Trinajstić information content (AvgIpc) is 2.50. The first-order valence-electron chi connectivity index (χ1n) is 6.47. The molecule has 21 heavy (non-hydrogen) atoms. The average molecular weight is 310 g/mol. The Hall–Kier alpha value is -1.99. The third kappa shape index (κ3) is 3.56. The maximum absolute atomic E-state index is 12.9. The van der Waals surface area contributed by atoms with Crippen LogP contribution >= 0.6 is 11.6 Å². The van der Waals surface area contributed by atoms with E-state index in [1.807, 2.05) is 4.90 Å². The minimum Gasteiger partial charge on any atom is -0.378 e. The van der Waals surface area contributed by atoms with Gasteiger partial charge in [-0.25, -0.2) is 4.39 Å². The molecule has 1 aliphatic rings. The predicted molar refractivity (Wildman–Crippen MR) is 77.6 cm³/mol. The number of nitrogens with one attached hydrogen (secondary N) is 1. The van der Waals surface area contributed by atoms with Crippen molar-refractivity contribution in [3.8, 4) is 0 Å². The Morgan fingerprint density at radius 2 is 1.81 bits per heavy atom. The lowest BCUT2D eigenvalue weighted by Gasteiger charge is -2.26. The number of benzene rings is 1. The van der Waals surface area contributed by atoms with Crippen LogP contribution in [0.2, 0.25) is 5.28 Å². The van der Waals surface area contributed by atoms with E-state index in [4.69, 9.17) is 16.3 Å². The number of ether oxygens (including phenoxy) is 1. The Morgan fingerprint density at radius 3 is 2.52 bits per heavy atom. The minimum atomic E-state index is -0.303. The second-order valence-corrected chi connectivity index (χ2v) is 4.80. The van der Waals surface area contributed by atoms with E-state index in [0.717, 1.165) is 0 Å². The molecule has 0 saturated carbocycles. The van der Waals surface area contributed by atoms with Gasteiger partial charge in [-0.3, -0.25) is 0 Å². The molecule has 1 aromatic heterocycles. The molecule has 0 spiro atoms. The van der Waals surface area contributed by atoms with Gasteiger partial charge in [0.25, 0.3) is 0 Å². The Bertz CT molecular complexity index is 618. The Morgan fingerprint density at radius 1 is 1.10 bits per heavy atom. The highest BCUT2D eigenvalue weighted by molar-refractivity contribution is 6.28. The van der Waals surface area contributed by atoms with E-state index in [2.05, 4.69) is 20.3 Å². The highest BCUT2D eigenvalue weighted by atomic mass is 35.5. The Balaban J connectivity index is 1.81. The third-order valence-electron chi connectivity index (χ3n) is 2.99. The number of halogens is 2. The molecule has 0 unspecified atom stereocenters. The highest BCUT2D eigenvalue weighted by Crippen LogP contribution is 2.18. The summed E-state index contributed by atoms with van der Waals surface area (Å²) in [7, 11) is 0. The van der Waals surface area contributed by atoms with Crippen LogP contribution < -0.4 is 10.2 Å². The Kier molecular flexibility index (Phi) is 4.12. The van der Waals surface area contributed by atoms with Crippen LogP contribution in [0.3, 0.4) is 0 Å². The zero-order valence-electron chi connectivity index (χ0n) is 11.1. The van der Waals surface area contributed by atoms with E-state index < -0.39 is 0 Å². The van der Waals surface area contributed by atoms with Gasteiger partial charge in [-0.2, -0.15) is 15.0 Å². The number of nitrogens with zero attached hydrogens (tertiary/aromatic N) is 4. The molecule has 0 atom stereocenters. The topological polar surface area (TPSA) is 63.2 Å². The second-order valence-electron chi connectivity index (χ2n) is 4.46. The van der Waals surface area contributed by atoms with Gasteiger partial charge in [-0.1, -0.05) is 0 Å². The lowest BCUT2D eigenvalue weighted by Crippen LogP contribution is -2.37. The zero-order chi connectivity index (χ0) is 14.7. The van der Waals surface area contributed by atoms with Gasteiger partial charge in [0.1, 0.15) is 5.82 Å². The molecule has 2 heterocycles. The molecule has 3 rings (SSSR count). The summed E-state index contributed by atoms with van der Waals surface area (Å²) in [6, 6.07) is 5.91. The van der Waals surface area contributed by atoms with Crippen molar-refractivity contribution < 1.29 is 9.13 Å². The van der Waals surface area contributed by atoms with Crippen LogP contribution in [-0.4, -0.2) is 41.3 Å². The molecule has 0 bridgehead atoms. The van der Waals surface area contributed by atoms with Gasteiger partial charge in [-0.15, -0.1) is 0 Å². The normalized spacial score (nSPS) is 15.0. The van der Waals surface area contributed by atoms with Gasteiger partial charge in [0.2, 0.25) is 17.2 Å². The first kappa shape index (κ1) is 14.0. The van der Waals surface area contributed by atoms with Gasteiger partial charge in [0, 0.05) is 18.8 Å². The summed E-state index contributed by atoms with van der Waals surface area (Å²) in [6.07, 6.45) is 0. The molecular weight excluding hydrogens is 297 g/mol. The fraction of sp³-hybridized carbons (Fsp3) is 0.308. The van der Waals surface area contributed by atoms with E-state index >= 15 is 0 Å². The van der Waals surface area contributed by atoms with Crippen LogP contribution in [0, 0.1) is 5.82 Å². The number of rotatable bonds is 3. The van der Waals surface area contributed by atoms with Crippen molar-refractivity contribution in [1.82, 2.24) is 15.0 Å². The summed E-state index contributed by atoms with van der Waals surface area (Å²) in [4.78, 5) is 14.5. The largest absolute Gasteiger partial charge is 0.378 e. The van der Waals surface area contributed by atoms with Crippen molar-refractivity contribution in [2.45, 2.75) is 0 Å². The zero-order valence-corrected chi connectivity index (χ0v) is 11.8. The first-order chi connectivity index (χ1) is 10.2. The van der Waals surface area contributed by atoms with Crippen LogP contribution in [0.1, 0.15) is 0 Å². The number of hydrogen-bond acceptors (Lipinski definition) is 6. The molecule has 6 nitrogen and oxygen atoms in total. The lowest BCUT2D eigenvalue weighted by molar-refractivity contribution is 0.122. The number of anilines is 3. The van der Waals surface area contributed by atoms with Crippen LogP contribution in [-0.2, 0) is 4.74 Å². The van der Waals surface area contributed by atoms with Crippen LogP contribution in [0.25, 0.3) is 0 Å². The highest BCUT2D eigenvalue weighted by Gasteiger charge is 2.16. The van der Waals surface area contributed by atoms with Crippen molar-refractivity contribution in [1.29, 1.82) is 0 Å². The maximum Gasteiger partial charge on any atom is 0.233 e. The van der Waals surface area contributed by atoms with Gasteiger partial charge >= 0.3 is 0 Å². The number of hydrogen-bond donors (Lipinski definition) is 1. The first-order valence-corrected chi connectivity index (χ1v) is 6.85. The molecule has 1 saturated heterocycles. The molecule has 2 aromatic rings. The summed E-state index contributed by atoms with van der Waals surface area (Å²) < 4.78 is 18.2. The quantitative estimate of drug-likeness (QED) is 0.938. The third-order valence-corrected chi connectivity index (χ3v) is 3.16. The van der Waals surface area contributed by atoms with Crippen molar-refractivity contribution in [2.75, 3.05) is 36.5 Å². The lowest BCUT2D eigenvalue weighted by atomic mass is 10.3. The maximum atomic E-state index is 12.9. The second kappa shape index (κ2) is 6.19. The minimum absolute atomic E-state index is 0.108. The van der Waals surface area contributed by atoms with E-state index in [-0.39, 0.29) is 11.1 Å². The van der Waals surface area contributed by atoms with Crippen LogP contribution in [0.4, 0.5) is 22.0 Å². The Labute approximate surface area is 125 Å². The van der Waals surface area contributed by atoms with Gasteiger partial charge < -0.3 is 15.0 Å². The molecule has 1 fully saturated rings. The van der Waals surface area contributed by atoms with Gasteiger partial charge in [0.05, 0.1) is 13.2 Å². The fourth-order valence-corrected chi connectivity index (χ4v) is 2.12. The summed E-state index contributed by atoms with van der Waals surface area (Å²) in [5.41, 5.74) is 0.673. The molecule has 1 N–H and O–H groups in total. The molecule has 0 radical (unpaired) electrons. The van der Waals surface area contributed by atoms with E-state index in [9.17, 15) is 4.39 Å². The summed E-state index contributed by atoms with van der Waals surface area (Å²) >= 11 is 5.94. The van der Waals surface area contributed by atoms with E-state index in [0.29, 0.717) is 43.9 Å². The molecule has 1 aliphatic heterocycles. The van der Waals surface area contributed by atoms with E-state index in [1.165, 1.54) is 12.1 Å². The fourth-order valence-electron chi connectivity index (χ4n) is 1.96.